The van der Waals surface area contributed by atoms with Crippen molar-refractivity contribution in [2.45, 2.75) is 31.1 Å². The second-order valence-corrected chi connectivity index (χ2v) is 7.49. The van der Waals surface area contributed by atoms with Crippen LogP contribution in [0.5, 0.6) is 11.5 Å². The van der Waals surface area contributed by atoms with E-state index in [0.717, 1.165) is 5.56 Å². The highest BCUT2D eigenvalue weighted by Gasteiger charge is 2.15. The van der Waals surface area contributed by atoms with Gasteiger partial charge in [0.15, 0.2) is 11.5 Å². The molecule has 0 saturated heterocycles. The van der Waals surface area contributed by atoms with Crippen LogP contribution in [-0.4, -0.2) is 28.5 Å². The molecule has 1 amide bonds. The Morgan fingerprint density at radius 2 is 1.78 bits per heavy atom. The monoisotopic (exact) mass is 392 g/mol. The van der Waals surface area contributed by atoms with E-state index in [2.05, 4.69) is 5.32 Å². The Bertz CT molecular complexity index is 926. The van der Waals surface area contributed by atoms with E-state index in [9.17, 15) is 13.2 Å². The largest absolute Gasteiger partial charge is 0.493 e. The number of hydrogen-bond acceptors (Lipinski definition) is 5. The predicted octanol–water partition coefficient (Wildman–Crippen LogP) is 2.48. The number of carbonyl (C=O) groups is 1. The third-order valence-corrected chi connectivity index (χ3v) is 5.12. The van der Waals surface area contributed by atoms with E-state index in [4.69, 9.17) is 14.6 Å². The van der Waals surface area contributed by atoms with Gasteiger partial charge in [-0.3, -0.25) is 4.79 Å². The zero-order valence-corrected chi connectivity index (χ0v) is 16.4. The van der Waals surface area contributed by atoms with Gasteiger partial charge in [0.2, 0.25) is 15.9 Å². The molecule has 0 radical (unpaired) electrons. The first kappa shape index (κ1) is 20.7. The van der Waals surface area contributed by atoms with E-state index >= 15 is 0 Å². The summed E-state index contributed by atoms with van der Waals surface area (Å²) >= 11 is 0. The molecule has 2 aromatic carbocycles. The van der Waals surface area contributed by atoms with Crippen molar-refractivity contribution in [2.24, 2.45) is 5.14 Å². The van der Waals surface area contributed by atoms with Crippen molar-refractivity contribution in [2.75, 3.05) is 19.5 Å². The van der Waals surface area contributed by atoms with Crippen LogP contribution in [0.1, 0.15) is 24.5 Å². The maximum atomic E-state index is 12.2. The Balaban J connectivity index is 2.06. The Labute approximate surface area is 159 Å². The zero-order chi connectivity index (χ0) is 20.0. The normalized spacial score (nSPS) is 11.1. The van der Waals surface area contributed by atoms with Crippen LogP contribution in [0, 0.1) is 0 Å². The van der Waals surface area contributed by atoms with Gasteiger partial charge in [-0.25, -0.2) is 13.6 Å². The van der Waals surface area contributed by atoms with Crippen molar-refractivity contribution in [3.8, 4) is 11.5 Å². The van der Waals surface area contributed by atoms with Gasteiger partial charge < -0.3 is 14.8 Å². The lowest BCUT2D eigenvalue weighted by Crippen LogP contribution is -2.16. The zero-order valence-electron chi connectivity index (χ0n) is 15.6. The maximum Gasteiger partial charge on any atom is 0.238 e. The third-order valence-electron chi connectivity index (χ3n) is 4.13. The number of carbonyl (C=O) groups excluding carboxylic acids is 1. The molecule has 0 aliphatic rings. The Morgan fingerprint density at radius 1 is 1.07 bits per heavy atom. The minimum atomic E-state index is -3.85. The fourth-order valence-corrected chi connectivity index (χ4v) is 3.58. The number of primary sulfonamides is 1. The molecule has 0 bridgehead atoms. The second-order valence-electron chi connectivity index (χ2n) is 5.96. The molecular formula is C19H24N2O5S. The molecule has 8 heteroatoms. The molecule has 3 N–H and O–H groups in total. The first-order valence-corrected chi connectivity index (χ1v) is 9.99. The van der Waals surface area contributed by atoms with Crippen molar-refractivity contribution >= 4 is 21.6 Å². The molecule has 146 valence electrons. The molecule has 7 nitrogen and oxygen atoms in total. The Morgan fingerprint density at radius 3 is 2.37 bits per heavy atom. The first-order chi connectivity index (χ1) is 12.8. The number of methoxy groups -OCH3 is 2. The number of ether oxygens (including phenoxy) is 2. The molecule has 0 unspecified atom stereocenters. The molecule has 0 aromatic heterocycles. The summed E-state index contributed by atoms with van der Waals surface area (Å²) in [6.07, 6.45) is 1.26. The van der Waals surface area contributed by atoms with E-state index in [0.29, 0.717) is 35.6 Å². The molecule has 0 saturated carbocycles. The van der Waals surface area contributed by atoms with Gasteiger partial charge in [-0.1, -0.05) is 19.1 Å². The SMILES string of the molecule is CCc1ccc(NC(=O)CCc2ccc(OC)c(OC)c2)cc1S(N)(=O)=O. The summed E-state index contributed by atoms with van der Waals surface area (Å²) in [4.78, 5) is 12.3. The van der Waals surface area contributed by atoms with Gasteiger partial charge in [0, 0.05) is 12.1 Å². The lowest BCUT2D eigenvalue weighted by Gasteiger charge is -2.11. The molecule has 0 aliphatic carbocycles. The van der Waals surface area contributed by atoms with Crippen LogP contribution in [0.2, 0.25) is 0 Å². The highest BCUT2D eigenvalue weighted by Crippen LogP contribution is 2.28. The van der Waals surface area contributed by atoms with Crippen LogP contribution >= 0.6 is 0 Å². The number of hydrogen-bond donors (Lipinski definition) is 2. The number of amides is 1. The minimum Gasteiger partial charge on any atom is -0.493 e. The van der Waals surface area contributed by atoms with Gasteiger partial charge in [-0.2, -0.15) is 0 Å². The number of nitrogens with two attached hydrogens (primary N) is 1. The summed E-state index contributed by atoms with van der Waals surface area (Å²) < 4.78 is 33.9. The van der Waals surface area contributed by atoms with Crippen molar-refractivity contribution in [3.63, 3.8) is 0 Å². The second kappa shape index (κ2) is 8.88. The molecule has 0 spiro atoms. The van der Waals surface area contributed by atoms with Gasteiger partial charge in [-0.15, -0.1) is 0 Å². The lowest BCUT2D eigenvalue weighted by atomic mass is 10.1. The van der Waals surface area contributed by atoms with Crippen LogP contribution in [0.15, 0.2) is 41.3 Å². The Hall–Kier alpha value is -2.58. The minimum absolute atomic E-state index is 0.0303. The summed E-state index contributed by atoms with van der Waals surface area (Å²) in [5, 5.41) is 7.97. The van der Waals surface area contributed by atoms with E-state index < -0.39 is 10.0 Å². The average Bonchev–Trinajstić information content (AvgIpc) is 2.65. The number of nitrogens with one attached hydrogen (secondary N) is 1. The standard InChI is InChI=1S/C19H24N2O5S/c1-4-14-7-8-15(12-18(14)27(20,23)24)21-19(22)10-6-13-5-9-16(25-2)17(11-13)26-3/h5,7-9,11-12H,4,6,10H2,1-3H3,(H,21,22)(H2,20,23,24). The van der Waals surface area contributed by atoms with Crippen LogP contribution in [0.25, 0.3) is 0 Å². The van der Waals surface area contributed by atoms with Gasteiger partial charge in [0.1, 0.15) is 0 Å². The quantitative estimate of drug-likeness (QED) is 0.718. The van der Waals surface area contributed by atoms with E-state index in [1.54, 1.807) is 32.4 Å². The molecule has 2 rings (SSSR count). The number of aryl methyl sites for hydroxylation is 2. The van der Waals surface area contributed by atoms with Crippen molar-refractivity contribution in [3.05, 3.63) is 47.5 Å². The molecule has 0 fully saturated rings. The van der Waals surface area contributed by atoms with Gasteiger partial charge in [0.25, 0.3) is 0 Å². The first-order valence-electron chi connectivity index (χ1n) is 8.45. The van der Waals surface area contributed by atoms with Gasteiger partial charge in [-0.05, 0) is 48.2 Å². The smallest absolute Gasteiger partial charge is 0.238 e. The van der Waals surface area contributed by atoms with Gasteiger partial charge >= 0.3 is 0 Å². The molecule has 0 aliphatic heterocycles. The summed E-state index contributed by atoms with van der Waals surface area (Å²) in [5.41, 5.74) is 1.93. The number of benzene rings is 2. The van der Waals surface area contributed by atoms with Crippen molar-refractivity contribution in [1.29, 1.82) is 0 Å². The summed E-state index contributed by atoms with van der Waals surface area (Å²) in [6.45, 7) is 1.84. The fourth-order valence-electron chi connectivity index (χ4n) is 2.71. The fraction of sp³-hybridized carbons (Fsp3) is 0.316. The van der Waals surface area contributed by atoms with Crippen LogP contribution in [0.4, 0.5) is 5.69 Å². The van der Waals surface area contributed by atoms with Crippen molar-refractivity contribution in [1.82, 2.24) is 0 Å². The number of rotatable bonds is 8. The highest BCUT2D eigenvalue weighted by molar-refractivity contribution is 7.89. The molecule has 0 atom stereocenters. The van der Waals surface area contributed by atoms with Crippen LogP contribution in [0.3, 0.4) is 0 Å². The molecule has 27 heavy (non-hydrogen) atoms. The molecule has 0 heterocycles. The van der Waals surface area contributed by atoms with Crippen LogP contribution < -0.4 is 19.9 Å². The summed E-state index contributed by atoms with van der Waals surface area (Å²) in [5.74, 6) is 0.995. The van der Waals surface area contributed by atoms with Crippen LogP contribution in [-0.2, 0) is 27.7 Å². The lowest BCUT2D eigenvalue weighted by molar-refractivity contribution is -0.116. The van der Waals surface area contributed by atoms with Gasteiger partial charge in [0.05, 0.1) is 19.1 Å². The third kappa shape index (κ3) is 5.45. The van der Waals surface area contributed by atoms with E-state index in [1.165, 1.54) is 6.07 Å². The Kier molecular flexibility index (Phi) is 6.81. The molecule has 2 aromatic rings. The summed E-state index contributed by atoms with van der Waals surface area (Å²) in [6, 6.07) is 10.2. The molecular weight excluding hydrogens is 368 g/mol. The predicted molar refractivity (Wildman–Crippen MR) is 104 cm³/mol. The summed E-state index contributed by atoms with van der Waals surface area (Å²) in [7, 11) is -0.737. The van der Waals surface area contributed by atoms with E-state index in [1.807, 2.05) is 19.1 Å². The average molecular weight is 392 g/mol. The van der Waals surface area contributed by atoms with E-state index in [-0.39, 0.29) is 17.2 Å². The maximum absolute atomic E-state index is 12.2. The number of anilines is 1. The topological polar surface area (TPSA) is 108 Å². The number of sulfonamides is 1. The highest BCUT2D eigenvalue weighted by atomic mass is 32.2. The van der Waals surface area contributed by atoms with Crippen molar-refractivity contribution < 1.29 is 22.7 Å².